The molecule has 0 bridgehead atoms. The lowest BCUT2D eigenvalue weighted by atomic mass is 9.99. The number of hydrogen-bond donors (Lipinski definition) is 3. The molecular weight excluding hydrogens is 416 g/mol. The number of nitrogens with two attached hydrogens (primary N) is 1. The number of carbonyl (C=O) groups excluding carboxylic acids is 3. The van der Waals surface area contributed by atoms with Crippen molar-refractivity contribution in [3.63, 3.8) is 0 Å². The van der Waals surface area contributed by atoms with E-state index in [0.29, 0.717) is 36.5 Å². The second-order valence-corrected chi connectivity index (χ2v) is 8.53. The summed E-state index contributed by atoms with van der Waals surface area (Å²) in [6.07, 6.45) is 3.35. The molecule has 2 unspecified atom stereocenters. The van der Waals surface area contributed by atoms with E-state index >= 15 is 0 Å². The molecule has 31 heavy (non-hydrogen) atoms. The number of primary amides is 1. The molecule has 0 saturated heterocycles. The molecule has 2 aliphatic rings. The number of anilines is 2. The van der Waals surface area contributed by atoms with Gasteiger partial charge in [0.05, 0.1) is 12.5 Å². The van der Waals surface area contributed by atoms with E-state index in [9.17, 15) is 14.4 Å². The van der Waals surface area contributed by atoms with E-state index in [1.165, 1.54) is 0 Å². The Bertz CT molecular complexity index is 1010. The summed E-state index contributed by atoms with van der Waals surface area (Å²) in [5, 5.41) is 6.36. The van der Waals surface area contributed by atoms with E-state index in [2.05, 4.69) is 10.6 Å². The van der Waals surface area contributed by atoms with Crippen molar-refractivity contribution in [1.82, 2.24) is 5.32 Å². The minimum Gasteiger partial charge on any atom is -0.369 e. The van der Waals surface area contributed by atoms with Crippen LogP contribution in [0.1, 0.15) is 36.8 Å². The van der Waals surface area contributed by atoms with Crippen molar-refractivity contribution in [1.29, 1.82) is 0 Å². The van der Waals surface area contributed by atoms with E-state index in [-0.39, 0.29) is 29.8 Å². The number of halogens is 1. The first-order valence-corrected chi connectivity index (χ1v) is 10.8. The number of nitrogens with zero attached hydrogens (tertiary/aromatic N) is 1. The van der Waals surface area contributed by atoms with Crippen LogP contribution in [0.2, 0.25) is 5.02 Å². The minimum absolute atomic E-state index is 0.0691. The van der Waals surface area contributed by atoms with Crippen molar-refractivity contribution in [2.45, 2.75) is 44.7 Å². The van der Waals surface area contributed by atoms with E-state index < -0.39 is 0 Å². The summed E-state index contributed by atoms with van der Waals surface area (Å²) < 4.78 is 0. The Kier molecular flexibility index (Phi) is 6.13. The molecule has 0 spiro atoms. The average molecular weight is 441 g/mol. The lowest BCUT2D eigenvalue weighted by Crippen LogP contribution is -2.44. The highest BCUT2D eigenvalue weighted by molar-refractivity contribution is 6.30. The first-order valence-electron chi connectivity index (χ1n) is 10.5. The van der Waals surface area contributed by atoms with Crippen LogP contribution >= 0.6 is 11.6 Å². The number of amides is 4. The van der Waals surface area contributed by atoms with Crippen LogP contribution < -0.4 is 21.3 Å². The Labute approximate surface area is 185 Å². The molecule has 1 fully saturated rings. The summed E-state index contributed by atoms with van der Waals surface area (Å²) >= 11 is 5.96. The Balaban J connectivity index is 1.45. The summed E-state index contributed by atoms with van der Waals surface area (Å²) in [6.45, 7) is 0.465. The monoisotopic (exact) mass is 440 g/mol. The highest BCUT2D eigenvalue weighted by atomic mass is 35.5. The molecule has 2 aromatic carbocycles. The Morgan fingerprint density at radius 1 is 1.10 bits per heavy atom. The van der Waals surface area contributed by atoms with E-state index in [4.69, 9.17) is 17.3 Å². The van der Waals surface area contributed by atoms with Crippen LogP contribution in [0.3, 0.4) is 0 Å². The summed E-state index contributed by atoms with van der Waals surface area (Å²) in [6, 6.07) is 12.4. The van der Waals surface area contributed by atoms with Gasteiger partial charge in [0, 0.05) is 28.9 Å². The summed E-state index contributed by atoms with van der Waals surface area (Å²) in [7, 11) is 0. The predicted octanol–water partition coefficient (Wildman–Crippen LogP) is 3.59. The van der Waals surface area contributed by atoms with Gasteiger partial charge in [0.15, 0.2) is 0 Å². The van der Waals surface area contributed by atoms with Gasteiger partial charge in [-0.25, -0.2) is 4.79 Å². The van der Waals surface area contributed by atoms with Crippen LogP contribution in [-0.4, -0.2) is 23.9 Å². The smallest absolute Gasteiger partial charge is 0.319 e. The molecule has 1 saturated carbocycles. The molecule has 2 aromatic rings. The molecule has 8 heteroatoms. The third-order valence-electron chi connectivity index (χ3n) is 5.99. The molecule has 2 atom stereocenters. The van der Waals surface area contributed by atoms with Crippen molar-refractivity contribution in [3.05, 3.63) is 58.6 Å². The standard InChI is InChI=1S/C23H25ClN4O3/c24-16-7-4-14(5-8-16)13-28-20-10-9-17(12-15(20)6-11-21(28)29)26-23(31)27-19-3-1-2-18(19)22(25)30/h4-5,7-10,12,18-19H,1-3,6,11,13H2,(H2,25,30)(H2,26,27,31). The fourth-order valence-corrected chi connectivity index (χ4v) is 4.52. The SMILES string of the molecule is NC(=O)C1CCCC1NC(=O)Nc1ccc2c(c1)CCC(=O)N2Cc1ccc(Cl)cc1. The Morgan fingerprint density at radius 3 is 2.61 bits per heavy atom. The van der Waals surface area contributed by atoms with Gasteiger partial charge in [-0.15, -0.1) is 0 Å². The number of rotatable bonds is 5. The Hall–Kier alpha value is -3.06. The number of hydrogen-bond acceptors (Lipinski definition) is 3. The molecule has 0 aromatic heterocycles. The van der Waals surface area contributed by atoms with Gasteiger partial charge in [-0.1, -0.05) is 30.2 Å². The van der Waals surface area contributed by atoms with Crippen molar-refractivity contribution in [3.8, 4) is 0 Å². The van der Waals surface area contributed by atoms with Gasteiger partial charge in [0.2, 0.25) is 11.8 Å². The first-order chi connectivity index (χ1) is 14.9. The summed E-state index contributed by atoms with van der Waals surface area (Å²) in [5.74, 6) is -0.622. The number of nitrogens with one attached hydrogen (secondary N) is 2. The van der Waals surface area contributed by atoms with Gasteiger partial charge in [-0.05, 0) is 60.7 Å². The van der Waals surface area contributed by atoms with Gasteiger partial charge in [0.25, 0.3) is 0 Å². The zero-order valence-electron chi connectivity index (χ0n) is 17.1. The fraction of sp³-hybridized carbons (Fsp3) is 0.348. The van der Waals surface area contributed by atoms with Crippen LogP contribution in [0.4, 0.5) is 16.2 Å². The first kappa shape index (κ1) is 21.2. The van der Waals surface area contributed by atoms with E-state index in [1.54, 1.807) is 11.0 Å². The van der Waals surface area contributed by atoms with Crippen molar-refractivity contribution < 1.29 is 14.4 Å². The van der Waals surface area contributed by atoms with Crippen molar-refractivity contribution in [2.24, 2.45) is 11.7 Å². The summed E-state index contributed by atoms with van der Waals surface area (Å²) in [5.41, 5.74) is 8.92. The largest absolute Gasteiger partial charge is 0.369 e. The highest BCUT2D eigenvalue weighted by Crippen LogP contribution is 2.32. The molecule has 0 radical (unpaired) electrons. The lowest BCUT2D eigenvalue weighted by Gasteiger charge is -2.30. The molecule has 1 aliphatic carbocycles. The quantitative estimate of drug-likeness (QED) is 0.661. The maximum absolute atomic E-state index is 12.6. The van der Waals surface area contributed by atoms with Crippen LogP contribution in [0.5, 0.6) is 0 Å². The maximum atomic E-state index is 12.6. The molecule has 162 valence electrons. The zero-order chi connectivity index (χ0) is 22.0. The van der Waals surface area contributed by atoms with Crippen LogP contribution in [-0.2, 0) is 22.6 Å². The normalized spacial score (nSPS) is 20.3. The summed E-state index contributed by atoms with van der Waals surface area (Å²) in [4.78, 5) is 38.3. The molecule has 7 nitrogen and oxygen atoms in total. The third-order valence-corrected chi connectivity index (χ3v) is 6.24. The average Bonchev–Trinajstić information content (AvgIpc) is 3.20. The fourth-order valence-electron chi connectivity index (χ4n) is 4.39. The van der Waals surface area contributed by atoms with E-state index in [1.807, 2.05) is 36.4 Å². The van der Waals surface area contributed by atoms with Gasteiger partial charge < -0.3 is 21.3 Å². The number of urea groups is 1. The Morgan fingerprint density at radius 2 is 1.87 bits per heavy atom. The second kappa shape index (κ2) is 8.98. The minimum atomic E-state index is -0.373. The van der Waals surface area contributed by atoms with Gasteiger partial charge in [-0.3, -0.25) is 9.59 Å². The van der Waals surface area contributed by atoms with Gasteiger partial charge in [0.1, 0.15) is 0 Å². The number of aryl methyl sites for hydroxylation is 1. The third kappa shape index (κ3) is 4.82. The molecular formula is C23H25ClN4O3. The lowest BCUT2D eigenvalue weighted by molar-refractivity contribution is -0.122. The van der Waals surface area contributed by atoms with Crippen LogP contribution in [0, 0.1) is 5.92 Å². The van der Waals surface area contributed by atoms with Crippen molar-refractivity contribution >= 4 is 40.8 Å². The molecule has 4 rings (SSSR count). The van der Waals surface area contributed by atoms with Gasteiger partial charge >= 0.3 is 6.03 Å². The van der Waals surface area contributed by atoms with E-state index in [0.717, 1.165) is 29.7 Å². The van der Waals surface area contributed by atoms with Crippen LogP contribution in [0.15, 0.2) is 42.5 Å². The molecule has 1 heterocycles. The number of benzene rings is 2. The molecule has 1 aliphatic heterocycles. The topological polar surface area (TPSA) is 105 Å². The van der Waals surface area contributed by atoms with Crippen molar-refractivity contribution in [2.75, 3.05) is 10.2 Å². The zero-order valence-corrected chi connectivity index (χ0v) is 17.8. The predicted molar refractivity (Wildman–Crippen MR) is 120 cm³/mol. The van der Waals surface area contributed by atoms with Gasteiger partial charge in [-0.2, -0.15) is 0 Å². The number of carbonyl (C=O) groups is 3. The molecule has 4 amide bonds. The highest BCUT2D eigenvalue weighted by Gasteiger charge is 2.32. The maximum Gasteiger partial charge on any atom is 0.319 e. The van der Waals surface area contributed by atoms with Crippen LogP contribution in [0.25, 0.3) is 0 Å². The number of fused-ring (bicyclic) bond motifs is 1. The molecule has 4 N–H and O–H groups in total. The second-order valence-electron chi connectivity index (χ2n) is 8.09.